The van der Waals surface area contributed by atoms with Crippen molar-refractivity contribution >= 4 is 36.8 Å². The van der Waals surface area contributed by atoms with E-state index in [1.54, 1.807) is 6.08 Å². The van der Waals surface area contributed by atoms with E-state index in [2.05, 4.69) is 18.8 Å². The first-order valence-corrected chi connectivity index (χ1v) is 16.1. The van der Waals surface area contributed by atoms with Gasteiger partial charge in [-0.25, -0.2) is 0 Å². The molecule has 0 heterocycles. The molecule has 3 aliphatic carbocycles. The molecule has 0 spiro atoms. The monoisotopic (exact) mass is 583 g/mol. The standard InChI is InChI=1S/C27H38NO9PS/c1-6-25(4)11-17(37-18(30)12-39-22-19(20(31)21(22)32)28-13-38(34,35)36)26(5)14(2)7-9-27(15(3)24(25)33)10-8-16(29)23(26)27/h6,14-15,17,23-24,28,33H,1,7-13H2,2-5H3,(H2,34,35,36)/t14-,15+,17-,23+,24+,25-,26+,27+/m1/s1. The summed E-state index contributed by atoms with van der Waals surface area (Å²) in [5.74, 6) is -1.27. The van der Waals surface area contributed by atoms with Crippen LogP contribution in [0.1, 0.15) is 59.8 Å². The summed E-state index contributed by atoms with van der Waals surface area (Å²) in [5.41, 5.74) is -3.82. The summed E-state index contributed by atoms with van der Waals surface area (Å²) in [5, 5.41) is 13.9. The number of hydrogen-bond acceptors (Lipinski definition) is 9. The van der Waals surface area contributed by atoms with Crippen LogP contribution in [0.4, 0.5) is 5.69 Å². The minimum Gasteiger partial charge on any atom is -0.461 e. The lowest BCUT2D eigenvalue weighted by Gasteiger charge is -2.61. The van der Waals surface area contributed by atoms with Gasteiger partial charge < -0.3 is 24.9 Å². The van der Waals surface area contributed by atoms with Crippen molar-refractivity contribution in [2.75, 3.05) is 17.4 Å². The zero-order valence-corrected chi connectivity index (χ0v) is 24.5. The van der Waals surface area contributed by atoms with Crippen molar-refractivity contribution in [3.05, 3.63) is 33.1 Å². The van der Waals surface area contributed by atoms with Crippen molar-refractivity contribution in [3.8, 4) is 0 Å². The highest BCUT2D eigenvalue weighted by atomic mass is 32.2. The molecule has 216 valence electrons. The van der Waals surface area contributed by atoms with E-state index in [1.165, 1.54) is 0 Å². The number of ketones is 1. The zero-order valence-electron chi connectivity index (χ0n) is 22.8. The lowest BCUT2D eigenvalue weighted by atomic mass is 9.44. The first-order chi connectivity index (χ1) is 18.0. The van der Waals surface area contributed by atoms with Crippen LogP contribution in [0.5, 0.6) is 0 Å². The third-order valence-electron chi connectivity index (χ3n) is 10.2. The van der Waals surface area contributed by atoms with Crippen LogP contribution in [0.3, 0.4) is 0 Å². The predicted molar refractivity (Wildman–Crippen MR) is 147 cm³/mol. The molecule has 0 amide bonds. The molecule has 0 unspecified atom stereocenters. The molecule has 12 heteroatoms. The fourth-order valence-corrected chi connectivity index (χ4v) is 8.90. The lowest BCUT2D eigenvalue weighted by Crippen LogP contribution is -2.63. The van der Waals surface area contributed by atoms with Gasteiger partial charge in [-0.15, -0.1) is 18.3 Å². The maximum Gasteiger partial charge on any atom is 0.344 e. The quantitative estimate of drug-likeness (QED) is 0.117. The summed E-state index contributed by atoms with van der Waals surface area (Å²) in [6.07, 6.45) is 2.44. The van der Waals surface area contributed by atoms with Crippen molar-refractivity contribution in [1.29, 1.82) is 0 Å². The first-order valence-electron chi connectivity index (χ1n) is 13.3. The molecule has 4 N–H and O–H groups in total. The molecule has 10 nitrogen and oxygen atoms in total. The Labute approximate surface area is 231 Å². The van der Waals surface area contributed by atoms with Crippen molar-refractivity contribution in [2.45, 2.75) is 76.9 Å². The number of aliphatic hydroxyl groups is 1. The number of carbonyl (C=O) groups is 2. The number of esters is 1. The highest BCUT2D eigenvalue weighted by molar-refractivity contribution is 8.00. The lowest BCUT2D eigenvalue weighted by molar-refractivity contribution is -0.205. The molecule has 2 bridgehead atoms. The highest BCUT2D eigenvalue weighted by Crippen LogP contribution is 2.68. The maximum atomic E-state index is 13.5. The molecule has 0 aliphatic heterocycles. The molecule has 1 aromatic carbocycles. The minimum atomic E-state index is -4.47. The van der Waals surface area contributed by atoms with E-state index in [0.29, 0.717) is 12.8 Å². The largest absolute Gasteiger partial charge is 0.461 e. The Kier molecular flexibility index (Phi) is 7.93. The van der Waals surface area contributed by atoms with Gasteiger partial charge in [-0.2, -0.15) is 0 Å². The van der Waals surface area contributed by atoms with Crippen LogP contribution in [0.2, 0.25) is 0 Å². The number of anilines is 1. The van der Waals surface area contributed by atoms with E-state index in [0.717, 1.165) is 24.6 Å². The van der Waals surface area contributed by atoms with Crippen LogP contribution >= 0.6 is 19.4 Å². The van der Waals surface area contributed by atoms with E-state index >= 15 is 0 Å². The van der Waals surface area contributed by atoms with Gasteiger partial charge in [0.1, 0.15) is 23.9 Å². The minimum absolute atomic E-state index is 0.0663. The van der Waals surface area contributed by atoms with Crippen LogP contribution < -0.4 is 16.2 Å². The van der Waals surface area contributed by atoms with Crippen molar-refractivity contribution in [3.63, 3.8) is 0 Å². The van der Waals surface area contributed by atoms with Crippen LogP contribution in [-0.2, 0) is 18.9 Å². The summed E-state index contributed by atoms with van der Waals surface area (Å²) >= 11 is 0.771. The molecular weight excluding hydrogens is 545 g/mol. The SMILES string of the molecule is C=C[C@]1(C)C[C@@H](OC(=O)CSc2c(NCP(=O)(O)O)c(=O)c2=O)[C@]2(C)[C@H](C)CC[C@]3(CCC(=O)[C@H]32)[C@@H](C)[C@@H]1O. The number of nitrogens with one attached hydrogen (secondary N) is 1. The van der Waals surface area contributed by atoms with E-state index in [9.17, 15) is 28.8 Å². The molecule has 1 aromatic rings. The molecular formula is C27H38NO9PS. The van der Waals surface area contributed by atoms with Gasteiger partial charge in [-0.05, 0) is 42.9 Å². The van der Waals surface area contributed by atoms with Crippen LogP contribution in [-0.4, -0.2) is 50.9 Å². The zero-order chi connectivity index (χ0) is 29.1. The van der Waals surface area contributed by atoms with E-state index in [4.69, 9.17) is 14.5 Å². The molecule has 39 heavy (non-hydrogen) atoms. The van der Waals surface area contributed by atoms with E-state index < -0.39 is 59.2 Å². The summed E-state index contributed by atoms with van der Waals surface area (Å²) in [7, 11) is -4.47. The Balaban J connectivity index is 1.62. The Hall–Kier alpha value is -1.78. The van der Waals surface area contributed by atoms with Crippen LogP contribution in [0.25, 0.3) is 0 Å². The number of thioether (sulfide) groups is 1. The number of carbonyl (C=O) groups excluding carboxylic acids is 2. The van der Waals surface area contributed by atoms with Crippen molar-refractivity contribution < 1.29 is 33.8 Å². The Morgan fingerprint density at radius 2 is 1.87 bits per heavy atom. The topological polar surface area (TPSA) is 167 Å². The number of Topliss-reactive ketones (excluding diaryl/α,β-unsaturated/α-hetero) is 1. The van der Waals surface area contributed by atoms with Gasteiger partial charge in [0, 0.05) is 23.2 Å². The fraction of sp³-hybridized carbons (Fsp3) is 0.704. The maximum absolute atomic E-state index is 13.5. The third kappa shape index (κ3) is 4.88. The average molecular weight is 584 g/mol. The highest BCUT2D eigenvalue weighted by Gasteiger charge is 2.68. The van der Waals surface area contributed by atoms with Gasteiger partial charge >= 0.3 is 13.6 Å². The normalized spacial score (nSPS) is 38.5. The van der Waals surface area contributed by atoms with Gasteiger partial charge in [0.15, 0.2) is 0 Å². The number of ether oxygens (including phenoxy) is 1. The molecule has 0 aromatic heterocycles. The Morgan fingerprint density at radius 3 is 2.49 bits per heavy atom. The second-order valence-electron chi connectivity index (χ2n) is 12.2. The Bertz CT molecular complexity index is 1300. The number of hydrogen-bond donors (Lipinski definition) is 4. The summed E-state index contributed by atoms with van der Waals surface area (Å²) < 4.78 is 17.3. The predicted octanol–water partition coefficient (Wildman–Crippen LogP) is 2.83. The van der Waals surface area contributed by atoms with Crippen molar-refractivity contribution in [1.82, 2.24) is 0 Å². The molecule has 4 rings (SSSR count). The molecule has 8 atom stereocenters. The second kappa shape index (κ2) is 10.2. The van der Waals surface area contributed by atoms with Gasteiger partial charge in [-0.3, -0.25) is 23.7 Å². The smallest absolute Gasteiger partial charge is 0.344 e. The summed E-state index contributed by atoms with van der Waals surface area (Å²) in [4.78, 5) is 68.7. The molecule has 3 saturated carbocycles. The third-order valence-corrected chi connectivity index (χ3v) is 11.9. The second-order valence-corrected chi connectivity index (χ2v) is 14.8. The number of aliphatic hydroxyl groups excluding tert-OH is 1. The van der Waals surface area contributed by atoms with Crippen molar-refractivity contribution in [2.24, 2.45) is 34.0 Å². The average Bonchev–Trinajstić information content (AvgIpc) is 3.23. The van der Waals surface area contributed by atoms with Crippen LogP contribution in [0.15, 0.2) is 27.1 Å². The molecule has 3 aliphatic rings. The fourth-order valence-electron chi connectivity index (χ4n) is 7.68. The van der Waals surface area contributed by atoms with E-state index in [1.807, 2.05) is 20.8 Å². The molecule has 0 radical (unpaired) electrons. The molecule has 3 fully saturated rings. The number of rotatable bonds is 8. The first kappa shape index (κ1) is 30.2. The summed E-state index contributed by atoms with van der Waals surface area (Å²) in [6.45, 7) is 12.0. The Morgan fingerprint density at radius 1 is 1.21 bits per heavy atom. The van der Waals surface area contributed by atoms with Gasteiger partial charge in [-0.1, -0.05) is 33.8 Å². The van der Waals surface area contributed by atoms with Gasteiger partial charge in [0.25, 0.3) is 5.43 Å². The van der Waals surface area contributed by atoms with Gasteiger partial charge in [0.05, 0.1) is 16.8 Å². The molecule has 0 saturated heterocycles. The summed E-state index contributed by atoms with van der Waals surface area (Å²) in [6, 6.07) is 0. The van der Waals surface area contributed by atoms with Crippen LogP contribution in [0, 0.1) is 34.0 Å². The van der Waals surface area contributed by atoms with E-state index in [-0.39, 0.29) is 46.3 Å². The van der Waals surface area contributed by atoms with Gasteiger partial charge in [0.2, 0.25) is 5.43 Å².